The quantitative estimate of drug-likeness (QED) is 0.529. The van der Waals surface area contributed by atoms with Crippen molar-refractivity contribution in [2.45, 2.75) is 63.9 Å². The number of benzene rings is 2. The lowest BCUT2D eigenvalue weighted by Crippen LogP contribution is -2.58. The van der Waals surface area contributed by atoms with Gasteiger partial charge in [-0.15, -0.1) is 0 Å². The summed E-state index contributed by atoms with van der Waals surface area (Å²) in [5.41, 5.74) is 0.886. The highest BCUT2D eigenvalue weighted by molar-refractivity contribution is 7.89. The van der Waals surface area contributed by atoms with Crippen LogP contribution < -0.4 is 4.90 Å². The molecule has 0 N–H and O–H groups in total. The normalized spacial score (nSPS) is 23.2. The number of rotatable bonds is 5. The largest absolute Gasteiger partial charge is 0.467 e. The van der Waals surface area contributed by atoms with Crippen molar-refractivity contribution in [3.8, 4) is 0 Å². The van der Waals surface area contributed by atoms with Crippen LogP contribution in [0.1, 0.15) is 45.6 Å². The van der Waals surface area contributed by atoms with Gasteiger partial charge in [0.2, 0.25) is 15.9 Å². The molecule has 2 aromatic rings. The Hall–Kier alpha value is -2.98. The Morgan fingerprint density at radius 2 is 1.68 bits per heavy atom. The number of methoxy groups -OCH3 is 1. The van der Waals surface area contributed by atoms with Crippen molar-refractivity contribution in [3.63, 3.8) is 0 Å². The third kappa shape index (κ3) is 6.91. The Kier molecular flexibility index (Phi) is 10.3. The lowest BCUT2D eigenvalue weighted by molar-refractivity contribution is -0.152. The molecule has 38 heavy (non-hydrogen) atoms. The summed E-state index contributed by atoms with van der Waals surface area (Å²) in [6.07, 6.45) is 1.93. The minimum absolute atomic E-state index is 0.00495. The van der Waals surface area contributed by atoms with E-state index in [-0.39, 0.29) is 25.0 Å². The third-order valence-electron chi connectivity index (χ3n) is 7.25. The highest BCUT2D eigenvalue weighted by atomic mass is 32.2. The molecule has 10 heteroatoms. The smallest absolute Gasteiger partial charge is 0.330 e. The monoisotopic (exact) mass is 547 g/mol. The van der Waals surface area contributed by atoms with Gasteiger partial charge < -0.3 is 14.5 Å². The minimum Gasteiger partial charge on any atom is -0.467 e. The van der Waals surface area contributed by atoms with E-state index >= 15 is 4.39 Å². The van der Waals surface area contributed by atoms with Crippen molar-refractivity contribution in [3.05, 3.63) is 66.0 Å². The number of ether oxygens (including phenoxy) is 1. The fourth-order valence-corrected chi connectivity index (χ4v) is 7.13. The Balaban J connectivity index is 0.000000585. The van der Waals surface area contributed by atoms with Gasteiger partial charge in [0.15, 0.2) is 0 Å². The van der Waals surface area contributed by atoms with Crippen LogP contribution in [0.25, 0.3) is 0 Å². The zero-order valence-electron chi connectivity index (χ0n) is 22.5. The lowest BCUT2D eigenvalue weighted by atomic mass is 10.1. The van der Waals surface area contributed by atoms with Crippen molar-refractivity contribution in [1.29, 1.82) is 0 Å². The number of halogens is 1. The molecule has 2 aliphatic rings. The molecule has 208 valence electrons. The molecule has 3 atom stereocenters. The summed E-state index contributed by atoms with van der Waals surface area (Å²) in [4.78, 5) is 27.3. The first-order chi connectivity index (χ1) is 18.1. The maximum absolute atomic E-state index is 15.0. The Labute approximate surface area is 225 Å². The van der Waals surface area contributed by atoms with Gasteiger partial charge in [-0.2, -0.15) is 4.31 Å². The summed E-state index contributed by atoms with van der Waals surface area (Å²) < 4.78 is 47.1. The van der Waals surface area contributed by atoms with E-state index in [9.17, 15) is 18.0 Å². The number of nitrogens with zero attached hydrogens (tertiary/aromatic N) is 3. The number of carbonyl (C=O) groups excluding carboxylic acids is 2. The second kappa shape index (κ2) is 13.2. The standard InChI is InChI=1S/C22H32FN3O5S.C6H6/c1-5-19-9-6-15(2)26(32(19,29)30)13-17-7-8-18(12-20(17)23)24-10-11-25(16(3)27)21(14-24)22(28)31-4;1-2-4-6-5-3-1/h7-8,12,15,19,21H,5-6,9-11,13-14H2,1-4H3;1-6H/t15-,19?,21-;/m0./s1. The number of amides is 1. The molecule has 2 aliphatic heterocycles. The predicted octanol–water partition coefficient (Wildman–Crippen LogP) is 3.82. The summed E-state index contributed by atoms with van der Waals surface area (Å²) in [5, 5.41) is -0.422. The average Bonchev–Trinajstić information content (AvgIpc) is 2.92. The summed E-state index contributed by atoms with van der Waals surface area (Å²) >= 11 is 0. The molecule has 2 heterocycles. The first-order valence-corrected chi connectivity index (χ1v) is 14.5. The molecule has 8 nitrogen and oxygen atoms in total. The summed E-state index contributed by atoms with van der Waals surface area (Å²) in [6.45, 7) is 6.08. The van der Waals surface area contributed by atoms with Gasteiger partial charge in [0.1, 0.15) is 11.9 Å². The number of piperazine rings is 1. The van der Waals surface area contributed by atoms with E-state index in [1.807, 2.05) is 55.1 Å². The van der Waals surface area contributed by atoms with Crippen LogP contribution in [0.3, 0.4) is 0 Å². The van der Waals surface area contributed by atoms with E-state index in [1.165, 1.54) is 29.3 Å². The van der Waals surface area contributed by atoms with Crippen LogP contribution in [0.2, 0.25) is 0 Å². The van der Waals surface area contributed by atoms with E-state index in [0.29, 0.717) is 37.2 Å². The maximum atomic E-state index is 15.0. The molecule has 0 saturated carbocycles. The molecular formula is C28H38FN3O5S. The summed E-state index contributed by atoms with van der Waals surface area (Å²) in [7, 11) is -2.21. The van der Waals surface area contributed by atoms with E-state index in [0.717, 1.165) is 6.42 Å². The van der Waals surface area contributed by atoms with E-state index < -0.39 is 33.1 Å². The van der Waals surface area contributed by atoms with Gasteiger partial charge in [-0.25, -0.2) is 17.6 Å². The number of sulfonamides is 1. The Bertz CT molecular complexity index is 1170. The third-order valence-corrected chi connectivity index (χ3v) is 9.81. The van der Waals surface area contributed by atoms with Gasteiger partial charge in [0.05, 0.1) is 12.4 Å². The molecule has 4 rings (SSSR count). The highest BCUT2D eigenvalue weighted by Crippen LogP contribution is 2.31. The molecule has 0 aromatic heterocycles. The molecule has 2 aromatic carbocycles. The van der Waals surface area contributed by atoms with Crippen molar-refractivity contribution in [1.82, 2.24) is 9.21 Å². The lowest BCUT2D eigenvalue weighted by Gasteiger charge is -2.40. The molecule has 1 amide bonds. The zero-order valence-corrected chi connectivity index (χ0v) is 23.4. The number of carbonyl (C=O) groups is 2. The maximum Gasteiger partial charge on any atom is 0.330 e. The van der Waals surface area contributed by atoms with Gasteiger partial charge in [-0.05, 0) is 38.3 Å². The molecule has 2 saturated heterocycles. The van der Waals surface area contributed by atoms with Gasteiger partial charge in [0.25, 0.3) is 0 Å². The molecule has 2 fully saturated rings. The molecular weight excluding hydrogens is 509 g/mol. The van der Waals surface area contributed by atoms with Crippen molar-refractivity contribution in [2.75, 3.05) is 31.6 Å². The van der Waals surface area contributed by atoms with Crippen molar-refractivity contribution in [2.24, 2.45) is 0 Å². The first kappa shape index (κ1) is 29.6. The number of anilines is 1. The second-order valence-electron chi connectivity index (χ2n) is 9.67. The number of hydrogen-bond donors (Lipinski definition) is 0. The van der Waals surface area contributed by atoms with Gasteiger partial charge in [-0.1, -0.05) is 49.4 Å². The first-order valence-electron chi connectivity index (χ1n) is 13.0. The van der Waals surface area contributed by atoms with Gasteiger partial charge >= 0.3 is 5.97 Å². The van der Waals surface area contributed by atoms with Gasteiger partial charge in [-0.3, -0.25) is 4.79 Å². The Morgan fingerprint density at radius 3 is 2.21 bits per heavy atom. The average molecular weight is 548 g/mol. The zero-order chi connectivity index (χ0) is 27.9. The van der Waals surface area contributed by atoms with E-state index in [1.54, 1.807) is 12.1 Å². The second-order valence-corrected chi connectivity index (χ2v) is 11.8. The fourth-order valence-electron chi connectivity index (χ4n) is 4.97. The summed E-state index contributed by atoms with van der Waals surface area (Å²) in [5.74, 6) is -1.23. The molecule has 0 aliphatic carbocycles. The SMILES string of the molecule is CCC1CC[C@H](C)N(Cc2ccc(N3CCN(C(C)=O)[C@H](C(=O)OC)C3)cc2F)S1(=O)=O.c1ccccc1. The van der Waals surface area contributed by atoms with E-state index in [4.69, 9.17) is 4.74 Å². The molecule has 0 radical (unpaired) electrons. The fraction of sp³-hybridized carbons (Fsp3) is 0.500. The Morgan fingerprint density at radius 1 is 1.05 bits per heavy atom. The number of esters is 1. The minimum atomic E-state index is -3.48. The highest BCUT2D eigenvalue weighted by Gasteiger charge is 2.39. The summed E-state index contributed by atoms with van der Waals surface area (Å²) in [6, 6.07) is 15.8. The van der Waals surface area contributed by atoms with Crippen LogP contribution in [0, 0.1) is 5.82 Å². The van der Waals surface area contributed by atoms with Crippen LogP contribution >= 0.6 is 0 Å². The molecule has 0 spiro atoms. The van der Waals surface area contributed by atoms with Crippen LogP contribution in [0.4, 0.5) is 10.1 Å². The van der Waals surface area contributed by atoms with E-state index in [2.05, 4.69) is 0 Å². The molecule has 1 unspecified atom stereocenters. The predicted molar refractivity (Wildman–Crippen MR) is 145 cm³/mol. The van der Waals surface area contributed by atoms with Crippen molar-refractivity contribution < 1.29 is 27.1 Å². The van der Waals surface area contributed by atoms with Crippen molar-refractivity contribution >= 4 is 27.6 Å². The van der Waals surface area contributed by atoms with Crippen LogP contribution in [0.5, 0.6) is 0 Å². The van der Waals surface area contributed by atoms with Gasteiger partial charge in [0, 0.05) is 50.4 Å². The molecule has 0 bridgehead atoms. The van der Waals surface area contributed by atoms with Crippen LogP contribution in [-0.4, -0.2) is 73.6 Å². The van der Waals surface area contributed by atoms with Crippen LogP contribution in [-0.2, 0) is 30.9 Å². The number of hydrogen-bond acceptors (Lipinski definition) is 6. The topological polar surface area (TPSA) is 87.2 Å². The van der Waals surface area contributed by atoms with Crippen LogP contribution in [0.15, 0.2) is 54.6 Å².